The van der Waals surface area contributed by atoms with Crippen LogP contribution in [0.15, 0.2) is 39.9 Å². The SMILES string of the molecule is CC(C)(C)n1ccnc(Oc2c(N)cccc2Br)c1=O. The summed E-state index contributed by atoms with van der Waals surface area (Å²) < 4.78 is 7.83. The van der Waals surface area contributed by atoms with Crippen LogP contribution in [-0.4, -0.2) is 9.55 Å². The van der Waals surface area contributed by atoms with Gasteiger partial charge in [-0.05, 0) is 48.8 Å². The van der Waals surface area contributed by atoms with E-state index in [1.807, 2.05) is 20.8 Å². The molecule has 20 heavy (non-hydrogen) atoms. The Morgan fingerprint density at radius 1 is 1.35 bits per heavy atom. The predicted molar refractivity (Wildman–Crippen MR) is 82.1 cm³/mol. The average molecular weight is 338 g/mol. The van der Waals surface area contributed by atoms with Crippen LogP contribution in [0.2, 0.25) is 0 Å². The molecular formula is C14H16BrN3O2. The molecule has 2 rings (SSSR count). The third-order valence-electron chi connectivity index (χ3n) is 2.73. The molecule has 106 valence electrons. The summed E-state index contributed by atoms with van der Waals surface area (Å²) in [7, 11) is 0. The number of nitrogen functional groups attached to an aromatic ring is 1. The van der Waals surface area contributed by atoms with Crippen molar-refractivity contribution in [2.24, 2.45) is 0 Å². The highest BCUT2D eigenvalue weighted by Crippen LogP contribution is 2.33. The van der Waals surface area contributed by atoms with Crippen molar-refractivity contribution < 1.29 is 4.74 Å². The summed E-state index contributed by atoms with van der Waals surface area (Å²) in [6.07, 6.45) is 3.17. The number of ether oxygens (including phenoxy) is 1. The van der Waals surface area contributed by atoms with E-state index in [9.17, 15) is 4.79 Å². The number of anilines is 1. The molecule has 0 atom stereocenters. The molecule has 0 aliphatic rings. The third-order valence-corrected chi connectivity index (χ3v) is 3.35. The molecule has 0 spiro atoms. The average Bonchev–Trinajstić information content (AvgIpc) is 2.34. The van der Waals surface area contributed by atoms with Crippen molar-refractivity contribution in [3.8, 4) is 11.6 Å². The van der Waals surface area contributed by atoms with Crippen molar-refractivity contribution in [1.29, 1.82) is 0 Å². The molecule has 1 aromatic heterocycles. The Morgan fingerprint density at radius 3 is 2.65 bits per heavy atom. The van der Waals surface area contributed by atoms with Gasteiger partial charge in [0.1, 0.15) is 0 Å². The molecule has 1 heterocycles. The van der Waals surface area contributed by atoms with Crippen LogP contribution in [0.25, 0.3) is 0 Å². The lowest BCUT2D eigenvalue weighted by atomic mass is 10.1. The summed E-state index contributed by atoms with van der Waals surface area (Å²) in [5.74, 6) is 0.393. The molecule has 2 aromatic rings. The first kappa shape index (κ1) is 14.6. The standard InChI is InChI=1S/C14H16BrN3O2/c1-14(2,3)18-8-7-17-12(13(18)19)20-11-9(15)5-4-6-10(11)16/h4-8H,16H2,1-3H3. The van der Waals surface area contributed by atoms with Crippen LogP contribution < -0.4 is 16.0 Å². The zero-order chi connectivity index (χ0) is 14.9. The monoisotopic (exact) mass is 337 g/mol. The second-order valence-electron chi connectivity index (χ2n) is 5.34. The minimum Gasteiger partial charge on any atom is -0.431 e. The summed E-state index contributed by atoms with van der Waals surface area (Å²) in [6, 6.07) is 5.28. The van der Waals surface area contributed by atoms with Crippen LogP contribution in [0, 0.1) is 0 Å². The van der Waals surface area contributed by atoms with E-state index < -0.39 is 0 Å². The van der Waals surface area contributed by atoms with Crippen LogP contribution in [0.5, 0.6) is 11.6 Å². The summed E-state index contributed by atoms with van der Waals surface area (Å²) >= 11 is 3.35. The molecular weight excluding hydrogens is 322 g/mol. The Kier molecular flexibility index (Phi) is 3.85. The number of aromatic nitrogens is 2. The minimum atomic E-state index is -0.350. The van der Waals surface area contributed by atoms with Gasteiger partial charge in [-0.2, -0.15) is 0 Å². The van der Waals surface area contributed by atoms with Gasteiger partial charge in [-0.15, -0.1) is 0 Å². The van der Waals surface area contributed by atoms with Crippen LogP contribution in [0.3, 0.4) is 0 Å². The predicted octanol–water partition coefficient (Wildman–Crippen LogP) is 3.14. The Morgan fingerprint density at radius 2 is 2.05 bits per heavy atom. The van der Waals surface area contributed by atoms with Crippen molar-refractivity contribution in [1.82, 2.24) is 9.55 Å². The van der Waals surface area contributed by atoms with Crippen molar-refractivity contribution in [3.63, 3.8) is 0 Å². The maximum absolute atomic E-state index is 12.4. The normalized spacial score (nSPS) is 11.4. The number of para-hydroxylation sites is 1. The molecule has 0 amide bonds. The summed E-state index contributed by atoms with van der Waals surface area (Å²) in [5.41, 5.74) is 5.64. The highest BCUT2D eigenvalue weighted by atomic mass is 79.9. The van der Waals surface area contributed by atoms with Gasteiger partial charge in [-0.1, -0.05) is 6.07 Å². The van der Waals surface area contributed by atoms with Crippen LogP contribution >= 0.6 is 15.9 Å². The van der Waals surface area contributed by atoms with Gasteiger partial charge in [0, 0.05) is 17.9 Å². The van der Waals surface area contributed by atoms with Gasteiger partial charge in [0.2, 0.25) is 0 Å². The summed E-state index contributed by atoms with van der Waals surface area (Å²) in [5, 5.41) is 0. The number of nitrogens with two attached hydrogens (primary N) is 1. The molecule has 0 saturated heterocycles. The van der Waals surface area contributed by atoms with E-state index in [0.29, 0.717) is 15.9 Å². The van der Waals surface area contributed by atoms with Gasteiger partial charge in [-0.25, -0.2) is 4.98 Å². The molecule has 0 unspecified atom stereocenters. The summed E-state index contributed by atoms with van der Waals surface area (Å²) in [4.78, 5) is 16.4. The summed E-state index contributed by atoms with van der Waals surface area (Å²) in [6.45, 7) is 5.81. The van der Waals surface area contributed by atoms with Gasteiger partial charge < -0.3 is 15.0 Å². The van der Waals surface area contributed by atoms with Crippen molar-refractivity contribution >= 4 is 21.6 Å². The van der Waals surface area contributed by atoms with E-state index >= 15 is 0 Å². The molecule has 5 nitrogen and oxygen atoms in total. The zero-order valence-electron chi connectivity index (χ0n) is 11.6. The first-order valence-corrected chi connectivity index (χ1v) is 6.90. The maximum atomic E-state index is 12.4. The minimum absolute atomic E-state index is 0.000949. The van der Waals surface area contributed by atoms with Crippen LogP contribution in [0.1, 0.15) is 20.8 Å². The largest absolute Gasteiger partial charge is 0.431 e. The number of hydrogen-bond donors (Lipinski definition) is 1. The molecule has 0 radical (unpaired) electrons. The molecule has 2 N–H and O–H groups in total. The van der Waals surface area contributed by atoms with E-state index in [0.717, 1.165) is 0 Å². The number of benzene rings is 1. The first-order valence-electron chi connectivity index (χ1n) is 6.10. The molecule has 0 aliphatic carbocycles. The van der Waals surface area contributed by atoms with Gasteiger partial charge in [0.05, 0.1) is 10.2 Å². The van der Waals surface area contributed by atoms with E-state index in [2.05, 4.69) is 20.9 Å². The highest BCUT2D eigenvalue weighted by molar-refractivity contribution is 9.10. The van der Waals surface area contributed by atoms with Crippen molar-refractivity contribution in [2.75, 3.05) is 5.73 Å². The second-order valence-corrected chi connectivity index (χ2v) is 6.19. The molecule has 0 bridgehead atoms. The second kappa shape index (κ2) is 5.28. The Balaban J connectivity index is 2.48. The number of rotatable bonds is 2. The first-order chi connectivity index (χ1) is 9.30. The molecule has 0 fully saturated rings. The van der Waals surface area contributed by atoms with E-state index in [1.165, 1.54) is 6.20 Å². The Labute approximate surface area is 125 Å². The van der Waals surface area contributed by atoms with Crippen LogP contribution in [0.4, 0.5) is 5.69 Å². The van der Waals surface area contributed by atoms with E-state index in [1.54, 1.807) is 29.0 Å². The van der Waals surface area contributed by atoms with Crippen LogP contribution in [-0.2, 0) is 5.54 Å². The lowest BCUT2D eigenvalue weighted by molar-refractivity contribution is 0.363. The fourth-order valence-electron chi connectivity index (χ4n) is 1.72. The lowest BCUT2D eigenvalue weighted by Crippen LogP contribution is -2.34. The van der Waals surface area contributed by atoms with E-state index in [4.69, 9.17) is 10.5 Å². The number of hydrogen-bond acceptors (Lipinski definition) is 4. The maximum Gasteiger partial charge on any atom is 0.314 e. The smallest absolute Gasteiger partial charge is 0.314 e. The van der Waals surface area contributed by atoms with Gasteiger partial charge in [0.25, 0.3) is 5.88 Å². The highest BCUT2D eigenvalue weighted by Gasteiger charge is 2.18. The quantitative estimate of drug-likeness (QED) is 0.854. The zero-order valence-corrected chi connectivity index (χ0v) is 13.1. The fourth-order valence-corrected chi connectivity index (χ4v) is 2.18. The number of halogens is 1. The lowest BCUT2D eigenvalue weighted by Gasteiger charge is -2.22. The fraction of sp³-hybridized carbons (Fsp3) is 0.286. The molecule has 1 aromatic carbocycles. The Bertz CT molecular complexity index is 669. The van der Waals surface area contributed by atoms with Gasteiger partial charge >= 0.3 is 5.56 Å². The molecule has 6 heteroatoms. The molecule has 0 aliphatic heterocycles. The van der Waals surface area contributed by atoms with Crippen molar-refractivity contribution in [3.05, 3.63) is 45.4 Å². The van der Waals surface area contributed by atoms with Gasteiger partial charge in [0.15, 0.2) is 5.75 Å². The molecule has 0 saturated carbocycles. The topological polar surface area (TPSA) is 70.1 Å². The third kappa shape index (κ3) is 2.85. The number of nitrogens with zero attached hydrogens (tertiary/aromatic N) is 2. The van der Waals surface area contributed by atoms with Gasteiger partial charge in [-0.3, -0.25) is 4.79 Å². The van der Waals surface area contributed by atoms with Crippen molar-refractivity contribution in [2.45, 2.75) is 26.3 Å². The van der Waals surface area contributed by atoms with E-state index in [-0.39, 0.29) is 17.0 Å². The Hall–Kier alpha value is -1.82.